The molecule has 18 heavy (non-hydrogen) atoms. The van der Waals surface area contributed by atoms with Crippen molar-refractivity contribution in [2.75, 3.05) is 19.3 Å². The van der Waals surface area contributed by atoms with Crippen LogP contribution in [-0.2, 0) is 20.0 Å². The normalized spacial score (nSPS) is 12.5. The number of H-pyrrole nitrogens is 1. The van der Waals surface area contributed by atoms with Gasteiger partial charge >= 0.3 is 0 Å². The predicted molar refractivity (Wildman–Crippen MR) is 65.1 cm³/mol. The smallest absolute Gasteiger partial charge is 0.247 e. The van der Waals surface area contributed by atoms with Crippen LogP contribution < -0.4 is 15.0 Å². The summed E-state index contributed by atoms with van der Waals surface area (Å²) in [6.07, 6.45) is 1.04. The van der Waals surface area contributed by atoms with E-state index in [-0.39, 0.29) is 17.2 Å². The van der Waals surface area contributed by atoms with E-state index in [0.717, 1.165) is 18.3 Å². The fourth-order valence-electron chi connectivity index (χ4n) is 1.06. The highest BCUT2D eigenvalue weighted by Gasteiger charge is 2.15. The van der Waals surface area contributed by atoms with E-state index in [9.17, 15) is 21.6 Å². The number of sulfonamides is 2. The molecule has 0 aliphatic heterocycles. The lowest BCUT2D eigenvalue weighted by Crippen LogP contribution is -2.33. The van der Waals surface area contributed by atoms with Gasteiger partial charge in [0.2, 0.25) is 25.6 Å². The van der Waals surface area contributed by atoms with E-state index < -0.39 is 25.6 Å². The number of hydrogen-bond acceptors (Lipinski definition) is 5. The van der Waals surface area contributed by atoms with Gasteiger partial charge in [-0.1, -0.05) is 0 Å². The molecule has 0 saturated heterocycles. The molecule has 102 valence electrons. The van der Waals surface area contributed by atoms with Gasteiger partial charge in [0.05, 0.1) is 10.6 Å². The van der Waals surface area contributed by atoms with Gasteiger partial charge in [0.25, 0.3) is 0 Å². The summed E-state index contributed by atoms with van der Waals surface area (Å²) in [6, 6.07) is 2.20. The lowest BCUT2D eigenvalue weighted by Gasteiger charge is -2.06. The number of pyridine rings is 1. The molecule has 8 nitrogen and oxygen atoms in total. The maximum Gasteiger partial charge on any atom is 0.247 e. The summed E-state index contributed by atoms with van der Waals surface area (Å²) in [4.78, 5) is 12.9. The summed E-state index contributed by atoms with van der Waals surface area (Å²) in [5.74, 6) is -0.369. The molecule has 0 amide bonds. The van der Waals surface area contributed by atoms with Gasteiger partial charge < -0.3 is 4.98 Å². The minimum atomic E-state index is -3.82. The summed E-state index contributed by atoms with van der Waals surface area (Å²) in [6.45, 7) is -0.259. The molecule has 0 unspecified atom stereocenters. The highest BCUT2D eigenvalue weighted by atomic mass is 32.2. The largest absolute Gasteiger partial charge is 0.328 e. The highest BCUT2D eigenvalue weighted by Crippen LogP contribution is 2.03. The van der Waals surface area contributed by atoms with Crippen LogP contribution in [0.3, 0.4) is 0 Å². The van der Waals surface area contributed by atoms with Gasteiger partial charge in [0.15, 0.2) is 0 Å². The van der Waals surface area contributed by atoms with E-state index in [1.807, 2.05) is 0 Å². The van der Waals surface area contributed by atoms with Gasteiger partial charge in [-0.3, -0.25) is 4.79 Å². The molecule has 0 atom stereocenters. The first-order valence-corrected chi connectivity index (χ1v) is 8.00. The lowest BCUT2D eigenvalue weighted by molar-refractivity contribution is 0.578. The molecule has 0 aliphatic rings. The van der Waals surface area contributed by atoms with Crippen LogP contribution in [0.5, 0.6) is 0 Å². The average molecular weight is 295 g/mol. The lowest BCUT2D eigenvalue weighted by atomic mass is 10.5. The van der Waals surface area contributed by atoms with Crippen LogP contribution in [0.1, 0.15) is 0 Å². The van der Waals surface area contributed by atoms with Gasteiger partial charge in [-0.15, -0.1) is 0 Å². The SMILES string of the molecule is CNS(=O)(=O)CCNS(=O)(=O)c1ccc(=O)[nH]c1. The van der Waals surface area contributed by atoms with E-state index in [1.165, 1.54) is 7.05 Å². The number of aromatic nitrogens is 1. The molecular formula is C8H13N3O5S2. The van der Waals surface area contributed by atoms with Crippen LogP contribution >= 0.6 is 0 Å². The Bertz CT molecular complexity index is 642. The van der Waals surface area contributed by atoms with E-state index in [1.54, 1.807) is 0 Å². The molecule has 0 aromatic carbocycles. The zero-order valence-corrected chi connectivity index (χ0v) is 11.1. The van der Waals surface area contributed by atoms with E-state index >= 15 is 0 Å². The Morgan fingerprint density at radius 3 is 2.39 bits per heavy atom. The van der Waals surface area contributed by atoms with Crippen LogP contribution in [0.4, 0.5) is 0 Å². The van der Waals surface area contributed by atoms with Crippen molar-refractivity contribution >= 4 is 20.0 Å². The summed E-state index contributed by atoms with van der Waals surface area (Å²) in [5, 5.41) is 0. The second-order valence-electron chi connectivity index (χ2n) is 3.31. The van der Waals surface area contributed by atoms with Gasteiger partial charge in [-0.05, 0) is 13.1 Å². The molecule has 0 bridgehead atoms. The number of nitrogens with one attached hydrogen (secondary N) is 3. The first kappa shape index (κ1) is 14.8. The molecule has 1 aromatic rings. The Morgan fingerprint density at radius 2 is 1.89 bits per heavy atom. The van der Waals surface area contributed by atoms with Crippen molar-refractivity contribution in [3.8, 4) is 0 Å². The zero-order chi connectivity index (χ0) is 13.8. The van der Waals surface area contributed by atoms with Gasteiger partial charge in [0, 0.05) is 18.8 Å². The first-order valence-electron chi connectivity index (χ1n) is 4.86. The molecule has 0 saturated carbocycles. The Labute approximate surface area is 105 Å². The molecule has 1 rings (SSSR count). The van der Waals surface area contributed by atoms with Crippen molar-refractivity contribution in [2.45, 2.75) is 4.90 Å². The topological polar surface area (TPSA) is 125 Å². The molecule has 0 aliphatic carbocycles. The van der Waals surface area contributed by atoms with Crippen LogP contribution in [0.2, 0.25) is 0 Å². The van der Waals surface area contributed by atoms with Crippen LogP contribution in [0.25, 0.3) is 0 Å². The third-order valence-electron chi connectivity index (χ3n) is 2.04. The Hall–Kier alpha value is -1.23. The molecule has 1 aromatic heterocycles. The minimum Gasteiger partial charge on any atom is -0.328 e. The summed E-state index contributed by atoms with van der Waals surface area (Å²) >= 11 is 0. The number of rotatable bonds is 6. The molecule has 0 fully saturated rings. The predicted octanol–water partition coefficient (Wildman–Crippen LogP) is -1.80. The average Bonchev–Trinajstić information content (AvgIpc) is 2.29. The monoisotopic (exact) mass is 295 g/mol. The van der Waals surface area contributed by atoms with Crippen molar-refractivity contribution in [1.82, 2.24) is 14.4 Å². The van der Waals surface area contributed by atoms with E-state index in [0.29, 0.717) is 0 Å². The zero-order valence-electron chi connectivity index (χ0n) is 9.50. The van der Waals surface area contributed by atoms with Crippen molar-refractivity contribution in [2.24, 2.45) is 0 Å². The fraction of sp³-hybridized carbons (Fsp3) is 0.375. The van der Waals surface area contributed by atoms with Gasteiger partial charge in [-0.25, -0.2) is 26.3 Å². The Kier molecular flexibility index (Phi) is 4.62. The van der Waals surface area contributed by atoms with Crippen molar-refractivity contribution in [1.29, 1.82) is 0 Å². The minimum absolute atomic E-state index is 0.135. The van der Waals surface area contributed by atoms with E-state index in [2.05, 4.69) is 14.4 Å². The summed E-state index contributed by atoms with van der Waals surface area (Å²) < 4.78 is 49.7. The second kappa shape index (κ2) is 5.61. The van der Waals surface area contributed by atoms with Crippen molar-refractivity contribution < 1.29 is 16.8 Å². The van der Waals surface area contributed by atoms with Crippen molar-refractivity contribution in [3.63, 3.8) is 0 Å². The van der Waals surface area contributed by atoms with Crippen molar-refractivity contribution in [3.05, 3.63) is 28.7 Å². The fourth-order valence-corrected chi connectivity index (χ4v) is 2.76. The third kappa shape index (κ3) is 4.22. The van der Waals surface area contributed by atoms with Crippen LogP contribution in [-0.4, -0.2) is 41.2 Å². The molecular weight excluding hydrogens is 282 g/mol. The molecule has 0 radical (unpaired) electrons. The van der Waals surface area contributed by atoms with Crippen LogP contribution in [0, 0.1) is 0 Å². The number of hydrogen-bond donors (Lipinski definition) is 3. The molecule has 1 heterocycles. The Balaban J connectivity index is 2.72. The first-order chi connectivity index (χ1) is 8.27. The maximum atomic E-state index is 11.7. The summed E-state index contributed by atoms with van der Waals surface area (Å²) in [7, 11) is -6.04. The quantitative estimate of drug-likeness (QED) is 0.571. The summed E-state index contributed by atoms with van der Waals surface area (Å²) in [5.41, 5.74) is -0.424. The standard InChI is InChI=1S/C8H13N3O5S2/c1-9-17(13,14)5-4-11-18(15,16)7-2-3-8(12)10-6-7/h2-3,6,9,11H,4-5H2,1H3,(H,10,12). The molecule has 0 spiro atoms. The molecule has 10 heteroatoms. The van der Waals surface area contributed by atoms with Crippen LogP contribution in [0.15, 0.2) is 28.0 Å². The second-order valence-corrected chi connectivity index (χ2v) is 7.12. The maximum absolute atomic E-state index is 11.7. The van der Waals surface area contributed by atoms with Gasteiger partial charge in [-0.2, -0.15) is 0 Å². The highest BCUT2D eigenvalue weighted by molar-refractivity contribution is 7.90. The molecule has 3 N–H and O–H groups in total. The van der Waals surface area contributed by atoms with E-state index in [4.69, 9.17) is 0 Å². The third-order valence-corrected chi connectivity index (χ3v) is 4.86. The van der Waals surface area contributed by atoms with Gasteiger partial charge in [0.1, 0.15) is 0 Å². The Morgan fingerprint density at radius 1 is 1.22 bits per heavy atom. The number of aromatic amines is 1.